The fourth-order valence-corrected chi connectivity index (χ4v) is 3.00. The zero-order valence-corrected chi connectivity index (χ0v) is 11.6. The van der Waals surface area contributed by atoms with Gasteiger partial charge in [-0.2, -0.15) is 0 Å². The molecule has 0 aromatic heterocycles. The summed E-state index contributed by atoms with van der Waals surface area (Å²) in [5, 5.41) is 28.6. The second-order valence-corrected chi connectivity index (χ2v) is 5.77. The molecule has 0 spiro atoms. The summed E-state index contributed by atoms with van der Waals surface area (Å²) in [5.74, 6) is -3.17. The topological polar surface area (TPSA) is 115 Å². The third-order valence-corrected chi connectivity index (χ3v) is 4.35. The maximum atomic E-state index is 12.6. The van der Waals surface area contributed by atoms with Crippen LogP contribution in [-0.2, 0) is 14.4 Å². The molecule has 116 valence electrons. The lowest BCUT2D eigenvalue weighted by Gasteiger charge is -2.41. The van der Waals surface area contributed by atoms with Gasteiger partial charge in [0.25, 0.3) is 0 Å². The molecule has 7 nitrogen and oxygen atoms in total. The number of rotatable bonds is 3. The Bertz CT molecular complexity index is 502. The SMILES string of the molecule is O=C(O)C1(O)CCCN(C(=O)C2(C(=O)O)CC=CCC2)C1. The van der Waals surface area contributed by atoms with Crippen LogP contribution >= 0.6 is 0 Å². The van der Waals surface area contributed by atoms with E-state index in [2.05, 4.69) is 0 Å². The van der Waals surface area contributed by atoms with Gasteiger partial charge in [-0.25, -0.2) is 4.79 Å². The molecule has 2 atom stereocenters. The molecular weight excluding hydrogens is 278 g/mol. The molecule has 2 rings (SSSR count). The van der Waals surface area contributed by atoms with Crippen LogP contribution in [0.5, 0.6) is 0 Å². The van der Waals surface area contributed by atoms with E-state index in [1.807, 2.05) is 6.08 Å². The van der Waals surface area contributed by atoms with Crippen molar-refractivity contribution in [2.45, 2.75) is 37.7 Å². The first-order chi connectivity index (χ1) is 9.82. The number of carboxylic acids is 2. The van der Waals surface area contributed by atoms with Crippen molar-refractivity contribution in [3.05, 3.63) is 12.2 Å². The first-order valence-electron chi connectivity index (χ1n) is 6.95. The molecular formula is C14H19NO6. The van der Waals surface area contributed by atoms with Gasteiger partial charge in [0.05, 0.1) is 6.54 Å². The molecule has 1 aliphatic carbocycles. The molecule has 0 bridgehead atoms. The number of carbonyl (C=O) groups excluding carboxylic acids is 1. The molecule has 0 aromatic rings. The molecule has 0 radical (unpaired) electrons. The molecule has 1 amide bonds. The monoisotopic (exact) mass is 297 g/mol. The summed E-state index contributed by atoms with van der Waals surface area (Å²) in [7, 11) is 0. The van der Waals surface area contributed by atoms with Gasteiger partial charge in [0, 0.05) is 6.54 Å². The summed E-state index contributed by atoms with van der Waals surface area (Å²) in [6.07, 6.45) is 4.69. The van der Waals surface area contributed by atoms with Crippen LogP contribution in [-0.4, -0.2) is 56.8 Å². The summed E-state index contributed by atoms with van der Waals surface area (Å²) < 4.78 is 0. The third-order valence-electron chi connectivity index (χ3n) is 4.35. The van der Waals surface area contributed by atoms with E-state index in [1.165, 1.54) is 4.90 Å². The fourth-order valence-electron chi connectivity index (χ4n) is 3.00. The van der Waals surface area contributed by atoms with E-state index in [4.69, 9.17) is 5.11 Å². The van der Waals surface area contributed by atoms with Gasteiger partial charge in [-0.1, -0.05) is 12.2 Å². The Hall–Kier alpha value is -1.89. The van der Waals surface area contributed by atoms with Crippen molar-refractivity contribution in [2.75, 3.05) is 13.1 Å². The number of hydrogen-bond acceptors (Lipinski definition) is 4. The van der Waals surface area contributed by atoms with Crippen LogP contribution in [0.25, 0.3) is 0 Å². The number of aliphatic hydroxyl groups is 1. The minimum Gasteiger partial charge on any atom is -0.480 e. The zero-order valence-electron chi connectivity index (χ0n) is 11.6. The predicted octanol–water partition coefficient (Wildman–Crippen LogP) is 0.236. The van der Waals surface area contributed by atoms with Crippen LogP contribution in [0.2, 0.25) is 0 Å². The standard InChI is InChI=1S/C14H19NO6/c16-10(13(11(17)18)5-2-1-3-6-13)15-8-4-7-14(21,9-15)12(19)20/h1-2,21H,3-9H2,(H,17,18)(H,19,20). The van der Waals surface area contributed by atoms with Gasteiger partial charge in [0.2, 0.25) is 5.91 Å². The molecule has 1 aliphatic heterocycles. The van der Waals surface area contributed by atoms with Gasteiger partial charge in [-0.15, -0.1) is 0 Å². The summed E-state index contributed by atoms with van der Waals surface area (Å²) in [6, 6.07) is 0. The Morgan fingerprint density at radius 2 is 1.76 bits per heavy atom. The summed E-state index contributed by atoms with van der Waals surface area (Å²) in [5.41, 5.74) is -3.52. The number of amides is 1. The number of carboxylic acid groups (broad SMARTS) is 2. The lowest BCUT2D eigenvalue weighted by molar-refractivity contribution is -0.172. The van der Waals surface area contributed by atoms with Gasteiger partial charge in [-0.3, -0.25) is 9.59 Å². The van der Waals surface area contributed by atoms with E-state index in [9.17, 15) is 24.6 Å². The van der Waals surface area contributed by atoms with Gasteiger partial charge in [0.1, 0.15) is 5.41 Å². The number of carbonyl (C=O) groups is 3. The van der Waals surface area contributed by atoms with Crippen LogP contribution < -0.4 is 0 Å². The van der Waals surface area contributed by atoms with Crippen molar-refractivity contribution in [3.63, 3.8) is 0 Å². The molecule has 1 fully saturated rings. The summed E-state index contributed by atoms with van der Waals surface area (Å²) in [4.78, 5) is 36.5. The average Bonchev–Trinajstić information content (AvgIpc) is 2.47. The highest BCUT2D eigenvalue weighted by Gasteiger charge is 2.51. The van der Waals surface area contributed by atoms with E-state index in [-0.39, 0.29) is 32.4 Å². The van der Waals surface area contributed by atoms with Gasteiger partial charge >= 0.3 is 11.9 Å². The number of piperidine rings is 1. The number of β-amino-alcohol motifs (C(OH)–C–C–N with tert-alkyl or cyclic N) is 1. The van der Waals surface area contributed by atoms with Crippen molar-refractivity contribution in [1.82, 2.24) is 4.90 Å². The van der Waals surface area contributed by atoms with Crippen molar-refractivity contribution in [2.24, 2.45) is 5.41 Å². The van der Waals surface area contributed by atoms with E-state index in [1.54, 1.807) is 6.08 Å². The van der Waals surface area contributed by atoms with E-state index >= 15 is 0 Å². The first-order valence-corrected chi connectivity index (χ1v) is 6.95. The molecule has 3 N–H and O–H groups in total. The van der Waals surface area contributed by atoms with Crippen molar-refractivity contribution in [3.8, 4) is 0 Å². The van der Waals surface area contributed by atoms with Crippen LogP contribution in [0, 0.1) is 5.41 Å². The summed E-state index contributed by atoms with van der Waals surface area (Å²) >= 11 is 0. The van der Waals surface area contributed by atoms with Crippen molar-refractivity contribution in [1.29, 1.82) is 0 Å². The normalized spacial score (nSPS) is 32.7. The zero-order chi connectivity index (χ0) is 15.7. The Morgan fingerprint density at radius 3 is 2.29 bits per heavy atom. The third kappa shape index (κ3) is 2.65. The number of likely N-dealkylation sites (tertiary alicyclic amines) is 1. The molecule has 1 saturated heterocycles. The lowest BCUT2D eigenvalue weighted by Crippen LogP contribution is -2.59. The molecule has 2 aliphatic rings. The highest BCUT2D eigenvalue weighted by Crippen LogP contribution is 2.36. The quantitative estimate of drug-likeness (QED) is 0.507. The minimum absolute atomic E-state index is 0.0616. The Balaban J connectivity index is 2.23. The molecule has 0 saturated carbocycles. The largest absolute Gasteiger partial charge is 0.480 e. The molecule has 1 heterocycles. The fraction of sp³-hybridized carbons (Fsp3) is 0.643. The van der Waals surface area contributed by atoms with Gasteiger partial charge < -0.3 is 20.2 Å². The molecule has 0 aromatic carbocycles. The Labute approximate surface area is 121 Å². The highest BCUT2D eigenvalue weighted by molar-refractivity contribution is 6.02. The smallest absolute Gasteiger partial charge is 0.337 e. The lowest BCUT2D eigenvalue weighted by atomic mass is 9.75. The average molecular weight is 297 g/mol. The Morgan fingerprint density at radius 1 is 1.05 bits per heavy atom. The van der Waals surface area contributed by atoms with E-state index in [0.717, 1.165) is 0 Å². The second kappa shape index (κ2) is 5.48. The van der Waals surface area contributed by atoms with Crippen LogP contribution in [0.3, 0.4) is 0 Å². The van der Waals surface area contributed by atoms with Gasteiger partial charge in [0.15, 0.2) is 5.60 Å². The second-order valence-electron chi connectivity index (χ2n) is 5.77. The molecule has 21 heavy (non-hydrogen) atoms. The Kier molecular flexibility index (Phi) is 4.04. The van der Waals surface area contributed by atoms with Crippen LogP contribution in [0.4, 0.5) is 0 Å². The number of allylic oxidation sites excluding steroid dienone is 2. The number of nitrogens with zero attached hydrogens (tertiary/aromatic N) is 1. The first kappa shape index (κ1) is 15.5. The minimum atomic E-state index is -1.99. The van der Waals surface area contributed by atoms with E-state index in [0.29, 0.717) is 12.8 Å². The molecule has 2 unspecified atom stereocenters. The number of hydrogen-bond donors (Lipinski definition) is 3. The number of aliphatic carboxylic acids is 2. The maximum absolute atomic E-state index is 12.6. The molecule has 7 heteroatoms. The summed E-state index contributed by atoms with van der Waals surface area (Å²) in [6.45, 7) is -0.0902. The predicted molar refractivity (Wildman–Crippen MR) is 71.5 cm³/mol. The van der Waals surface area contributed by atoms with E-state index < -0.39 is 28.9 Å². The van der Waals surface area contributed by atoms with Gasteiger partial charge in [-0.05, 0) is 32.1 Å². The highest BCUT2D eigenvalue weighted by atomic mass is 16.4. The van der Waals surface area contributed by atoms with Crippen molar-refractivity contribution >= 4 is 17.8 Å². The van der Waals surface area contributed by atoms with Crippen LogP contribution in [0.1, 0.15) is 32.1 Å². The maximum Gasteiger partial charge on any atom is 0.337 e. The van der Waals surface area contributed by atoms with Crippen LogP contribution in [0.15, 0.2) is 12.2 Å². The van der Waals surface area contributed by atoms with Crippen molar-refractivity contribution < 1.29 is 29.7 Å².